The number of piperazine rings is 1. The fraction of sp³-hybridized carbons (Fsp3) is 0.640. The molecule has 2 saturated heterocycles. The third-order valence-electron chi connectivity index (χ3n) is 6.24. The lowest BCUT2D eigenvalue weighted by Crippen LogP contribution is -2.50. The number of nitrogens with zero attached hydrogens (tertiary/aromatic N) is 5. The molecule has 1 atom stereocenters. The Morgan fingerprint density at radius 2 is 1.90 bits per heavy atom. The van der Waals surface area contributed by atoms with E-state index in [9.17, 15) is 0 Å². The van der Waals surface area contributed by atoms with Gasteiger partial charge in [-0.2, -0.15) is 0 Å². The molecule has 1 unspecified atom stereocenters. The summed E-state index contributed by atoms with van der Waals surface area (Å²) < 4.78 is 0. The Bertz CT molecular complexity index is 783. The summed E-state index contributed by atoms with van der Waals surface area (Å²) in [6.07, 6.45) is 9.68. The molecule has 6 heteroatoms. The molecule has 2 aromatic heterocycles. The zero-order chi connectivity index (χ0) is 22.1. The van der Waals surface area contributed by atoms with Crippen molar-refractivity contribution < 1.29 is 0 Å². The van der Waals surface area contributed by atoms with Crippen LogP contribution in [-0.2, 0) is 19.4 Å². The van der Waals surface area contributed by atoms with Gasteiger partial charge >= 0.3 is 0 Å². The summed E-state index contributed by atoms with van der Waals surface area (Å²) >= 11 is 0. The first-order valence-corrected chi connectivity index (χ1v) is 12.1. The van der Waals surface area contributed by atoms with Crippen molar-refractivity contribution in [3.05, 3.63) is 47.2 Å². The van der Waals surface area contributed by atoms with Gasteiger partial charge in [-0.05, 0) is 70.7 Å². The minimum absolute atomic E-state index is 0.733. The number of nitrogens with one attached hydrogen (secondary N) is 1. The number of aryl methyl sites for hydroxylation is 3. The Morgan fingerprint density at radius 1 is 1.06 bits per heavy atom. The number of hydrogen-bond acceptors (Lipinski definition) is 6. The molecule has 0 spiro atoms. The van der Waals surface area contributed by atoms with Crippen LogP contribution in [0.3, 0.4) is 0 Å². The van der Waals surface area contributed by atoms with Crippen molar-refractivity contribution in [1.82, 2.24) is 25.2 Å². The average Bonchev–Trinajstić information content (AvgIpc) is 3.29. The first-order chi connectivity index (χ1) is 15.2. The molecule has 2 aromatic rings. The average molecular weight is 425 g/mol. The molecular weight excluding hydrogens is 384 g/mol. The monoisotopic (exact) mass is 424 g/mol. The minimum atomic E-state index is 0.733. The van der Waals surface area contributed by atoms with Crippen molar-refractivity contribution in [2.45, 2.75) is 71.9 Å². The zero-order valence-electron chi connectivity index (χ0n) is 19.9. The van der Waals surface area contributed by atoms with E-state index in [1.807, 2.05) is 40.1 Å². The third kappa shape index (κ3) is 6.47. The van der Waals surface area contributed by atoms with Crippen molar-refractivity contribution in [2.24, 2.45) is 0 Å². The minimum Gasteiger partial charge on any atom is -0.354 e. The van der Waals surface area contributed by atoms with Crippen molar-refractivity contribution in [3.63, 3.8) is 0 Å². The molecule has 0 bridgehead atoms. The van der Waals surface area contributed by atoms with Crippen LogP contribution in [-0.4, -0.2) is 59.1 Å². The molecular formula is C25H40N6. The van der Waals surface area contributed by atoms with Crippen LogP contribution in [0.15, 0.2) is 24.4 Å². The van der Waals surface area contributed by atoms with E-state index in [4.69, 9.17) is 0 Å². The Kier molecular flexibility index (Phi) is 9.22. The maximum absolute atomic E-state index is 4.62. The van der Waals surface area contributed by atoms with Crippen molar-refractivity contribution in [3.8, 4) is 0 Å². The van der Waals surface area contributed by atoms with Gasteiger partial charge in [0.2, 0.25) is 0 Å². The maximum atomic E-state index is 4.62. The Balaban J connectivity index is 0.000000190. The van der Waals surface area contributed by atoms with E-state index in [1.165, 1.54) is 62.9 Å². The van der Waals surface area contributed by atoms with Gasteiger partial charge in [0, 0.05) is 50.2 Å². The van der Waals surface area contributed by atoms with Crippen LogP contribution in [0.1, 0.15) is 62.3 Å². The highest BCUT2D eigenvalue weighted by Crippen LogP contribution is 2.24. The van der Waals surface area contributed by atoms with Crippen LogP contribution in [0.4, 0.5) is 5.82 Å². The SMILES string of the molecule is CC.CNCc1cc(N2CCN3CCCC3C2)nc(C)n1.c1cnc2c(c1)CCCC2. The van der Waals surface area contributed by atoms with Crippen LogP contribution in [0.25, 0.3) is 0 Å². The van der Waals surface area contributed by atoms with E-state index >= 15 is 0 Å². The second-order valence-electron chi connectivity index (χ2n) is 8.39. The lowest BCUT2D eigenvalue weighted by molar-refractivity contribution is 0.230. The highest BCUT2D eigenvalue weighted by atomic mass is 15.3. The van der Waals surface area contributed by atoms with E-state index in [2.05, 4.69) is 42.2 Å². The van der Waals surface area contributed by atoms with Crippen molar-refractivity contribution in [2.75, 3.05) is 38.1 Å². The largest absolute Gasteiger partial charge is 0.354 e. The summed E-state index contributed by atoms with van der Waals surface area (Å²) in [4.78, 5) is 18.5. The second-order valence-corrected chi connectivity index (χ2v) is 8.39. The van der Waals surface area contributed by atoms with Crippen LogP contribution < -0.4 is 10.2 Å². The number of aromatic nitrogens is 3. The molecule has 3 aliphatic rings. The predicted octanol–water partition coefficient (Wildman–Crippen LogP) is 3.78. The number of rotatable bonds is 3. The molecule has 170 valence electrons. The van der Waals surface area contributed by atoms with E-state index in [1.54, 1.807) is 0 Å². The summed E-state index contributed by atoms with van der Waals surface area (Å²) in [5, 5.41) is 3.16. The van der Waals surface area contributed by atoms with Gasteiger partial charge in [-0.25, -0.2) is 9.97 Å². The number of anilines is 1. The Labute approximate surface area is 188 Å². The van der Waals surface area contributed by atoms with E-state index < -0.39 is 0 Å². The third-order valence-corrected chi connectivity index (χ3v) is 6.24. The van der Waals surface area contributed by atoms with Gasteiger partial charge in [0.25, 0.3) is 0 Å². The van der Waals surface area contributed by atoms with Crippen molar-refractivity contribution in [1.29, 1.82) is 0 Å². The molecule has 0 aromatic carbocycles. The molecule has 0 amide bonds. The van der Waals surface area contributed by atoms with Crippen LogP contribution >= 0.6 is 0 Å². The summed E-state index contributed by atoms with van der Waals surface area (Å²) in [6, 6.07) is 7.09. The number of hydrogen-bond donors (Lipinski definition) is 1. The zero-order valence-corrected chi connectivity index (χ0v) is 19.9. The summed E-state index contributed by atoms with van der Waals surface area (Å²) in [7, 11) is 1.95. The van der Waals surface area contributed by atoms with Gasteiger partial charge in [0.05, 0.1) is 5.69 Å². The highest BCUT2D eigenvalue weighted by molar-refractivity contribution is 5.41. The van der Waals surface area contributed by atoms with Gasteiger partial charge in [-0.3, -0.25) is 9.88 Å². The number of pyridine rings is 1. The van der Waals surface area contributed by atoms with Gasteiger partial charge < -0.3 is 10.2 Å². The van der Waals surface area contributed by atoms with E-state index in [-0.39, 0.29) is 0 Å². The first-order valence-electron chi connectivity index (χ1n) is 12.1. The van der Waals surface area contributed by atoms with E-state index in [0.29, 0.717) is 0 Å². The molecule has 0 radical (unpaired) electrons. The standard InChI is InChI=1S/C14H23N5.C9H11N.C2H6/c1-11-16-12(9-15-2)8-14(17-11)19-7-6-18-5-3-4-13(18)10-19;1-2-6-9-8(4-1)5-3-7-10-9;1-2/h8,13,15H,3-7,9-10H2,1-2H3;3,5,7H,1-2,4,6H2;1-2H3. The Morgan fingerprint density at radius 3 is 2.71 bits per heavy atom. The van der Waals surface area contributed by atoms with Gasteiger partial charge in [-0.15, -0.1) is 0 Å². The topological polar surface area (TPSA) is 57.2 Å². The van der Waals surface area contributed by atoms with Crippen molar-refractivity contribution >= 4 is 5.82 Å². The maximum Gasteiger partial charge on any atom is 0.132 e. The molecule has 0 saturated carbocycles. The Hall–Kier alpha value is -2.05. The quantitative estimate of drug-likeness (QED) is 0.809. The second kappa shape index (κ2) is 12.1. The molecule has 31 heavy (non-hydrogen) atoms. The fourth-order valence-electron chi connectivity index (χ4n) is 4.78. The predicted molar refractivity (Wildman–Crippen MR) is 129 cm³/mol. The molecule has 1 aliphatic carbocycles. The smallest absolute Gasteiger partial charge is 0.132 e. The van der Waals surface area contributed by atoms with Crippen LogP contribution in [0, 0.1) is 6.92 Å². The molecule has 5 rings (SSSR count). The molecule has 2 fully saturated rings. The molecule has 6 nitrogen and oxygen atoms in total. The lowest BCUT2D eigenvalue weighted by Gasteiger charge is -2.38. The van der Waals surface area contributed by atoms with Gasteiger partial charge in [0.15, 0.2) is 0 Å². The van der Waals surface area contributed by atoms with E-state index in [0.717, 1.165) is 43.0 Å². The summed E-state index contributed by atoms with van der Waals surface area (Å²) in [5.41, 5.74) is 3.88. The molecule has 1 N–H and O–H groups in total. The molecule has 2 aliphatic heterocycles. The van der Waals surface area contributed by atoms with Gasteiger partial charge in [0.1, 0.15) is 11.6 Å². The first kappa shape index (κ1) is 23.6. The fourth-order valence-corrected chi connectivity index (χ4v) is 4.78. The molecule has 4 heterocycles. The highest BCUT2D eigenvalue weighted by Gasteiger charge is 2.31. The normalized spacial score (nSPS) is 20.0. The lowest BCUT2D eigenvalue weighted by atomic mass is 9.96. The number of fused-ring (bicyclic) bond motifs is 2. The summed E-state index contributed by atoms with van der Waals surface area (Å²) in [5.74, 6) is 1.97. The van der Waals surface area contributed by atoms with Gasteiger partial charge in [-0.1, -0.05) is 19.9 Å². The van der Waals surface area contributed by atoms with Crippen LogP contribution in [0.5, 0.6) is 0 Å². The van der Waals surface area contributed by atoms with Crippen LogP contribution in [0.2, 0.25) is 0 Å². The summed E-state index contributed by atoms with van der Waals surface area (Å²) in [6.45, 7) is 11.5.